The SMILES string of the molecule is CC[C@@H](O)C[C@@H](CC)NS(=O)C(C)(C)C. The van der Waals surface area contributed by atoms with Crippen LogP contribution in [0.5, 0.6) is 0 Å². The molecule has 0 amide bonds. The molecule has 2 N–H and O–H groups in total. The molecule has 0 aliphatic carbocycles. The molecule has 3 atom stereocenters. The summed E-state index contributed by atoms with van der Waals surface area (Å²) in [7, 11) is -1.05. The molecule has 4 heteroatoms. The summed E-state index contributed by atoms with van der Waals surface area (Å²) in [6.07, 6.45) is 2.02. The van der Waals surface area contributed by atoms with Crippen molar-refractivity contribution in [3.8, 4) is 0 Å². The van der Waals surface area contributed by atoms with Crippen LogP contribution in [0.15, 0.2) is 0 Å². The average molecular weight is 235 g/mol. The Kier molecular flexibility index (Phi) is 6.64. The first kappa shape index (κ1) is 15.1. The van der Waals surface area contributed by atoms with Crippen LogP contribution in [-0.2, 0) is 11.0 Å². The molecule has 0 aromatic heterocycles. The van der Waals surface area contributed by atoms with Crippen molar-refractivity contribution in [1.29, 1.82) is 0 Å². The minimum atomic E-state index is -1.05. The summed E-state index contributed by atoms with van der Waals surface area (Å²) in [4.78, 5) is 0. The lowest BCUT2D eigenvalue weighted by atomic mass is 10.1. The van der Waals surface area contributed by atoms with Crippen LogP contribution in [0.1, 0.15) is 53.9 Å². The van der Waals surface area contributed by atoms with Crippen molar-refractivity contribution >= 4 is 11.0 Å². The summed E-state index contributed by atoms with van der Waals surface area (Å²) >= 11 is 0. The van der Waals surface area contributed by atoms with Crippen LogP contribution in [0.3, 0.4) is 0 Å². The first-order valence-electron chi connectivity index (χ1n) is 5.67. The van der Waals surface area contributed by atoms with E-state index in [1.807, 2.05) is 34.6 Å². The zero-order valence-corrected chi connectivity index (χ0v) is 11.4. The fraction of sp³-hybridized carbons (Fsp3) is 1.00. The van der Waals surface area contributed by atoms with Crippen LogP contribution in [0.25, 0.3) is 0 Å². The molecule has 0 heterocycles. The molecular weight excluding hydrogens is 210 g/mol. The second-order valence-electron chi connectivity index (χ2n) is 4.90. The van der Waals surface area contributed by atoms with E-state index in [9.17, 15) is 9.32 Å². The maximum absolute atomic E-state index is 11.8. The summed E-state index contributed by atoms with van der Waals surface area (Å²) in [6, 6.07) is 0.139. The minimum absolute atomic E-state index is 0.139. The minimum Gasteiger partial charge on any atom is -0.393 e. The molecule has 0 bridgehead atoms. The molecule has 0 radical (unpaired) electrons. The zero-order chi connectivity index (χ0) is 12.1. The molecule has 0 aromatic rings. The van der Waals surface area contributed by atoms with Crippen LogP contribution in [-0.4, -0.2) is 26.2 Å². The molecule has 0 aliphatic heterocycles. The third-order valence-corrected chi connectivity index (χ3v) is 4.01. The Balaban J connectivity index is 4.16. The first-order chi connectivity index (χ1) is 6.81. The number of nitrogens with one attached hydrogen (secondary N) is 1. The Hall–Kier alpha value is 0.0700. The molecule has 0 spiro atoms. The maximum Gasteiger partial charge on any atom is 0.0972 e. The van der Waals surface area contributed by atoms with Crippen molar-refractivity contribution in [3.05, 3.63) is 0 Å². The van der Waals surface area contributed by atoms with E-state index in [1.165, 1.54) is 0 Å². The predicted molar refractivity (Wildman–Crippen MR) is 66.0 cm³/mol. The van der Waals surface area contributed by atoms with Gasteiger partial charge in [-0.2, -0.15) is 0 Å². The van der Waals surface area contributed by atoms with Gasteiger partial charge in [0.1, 0.15) is 0 Å². The van der Waals surface area contributed by atoms with Crippen LogP contribution in [0.2, 0.25) is 0 Å². The summed E-state index contributed by atoms with van der Waals surface area (Å²) < 4.78 is 14.7. The standard InChI is InChI=1S/C11H25NO2S/c1-6-9(8-10(13)7-2)12-15(14)11(3,4)5/h9-10,12-13H,6-8H2,1-5H3/t9-,10-,15?/m1/s1. The van der Waals surface area contributed by atoms with E-state index in [2.05, 4.69) is 4.72 Å². The van der Waals surface area contributed by atoms with Crippen LogP contribution >= 0.6 is 0 Å². The molecule has 0 saturated heterocycles. The smallest absolute Gasteiger partial charge is 0.0972 e. The normalized spacial score (nSPS) is 18.5. The van der Waals surface area contributed by atoms with Gasteiger partial charge in [-0.05, 0) is 40.0 Å². The largest absolute Gasteiger partial charge is 0.393 e. The van der Waals surface area contributed by atoms with Gasteiger partial charge in [-0.15, -0.1) is 0 Å². The quantitative estimate of drug-likeness (QED) is 0.739. The van der Waals surface area contributed by atoms with Gasteiger partial charge >= 0.3 is 0 Å². The van der Waals surface area contributed by atoms with Crippen molar-refractivity contribution in [2.45, 2.75) is 70.8 Å². The average Bonchev–Trinajstić information content (AvgIpc) is 2.14. The molecule has 0 fully saturated rings. The Labute approximate surface area is 96.2 Å². The lowest BCUT2D eigenvalue weighted by Gasteiger charge is -2.24. The Morgan fingerprint density at radius 1 is 1.27 bits per heavy atom. The van der Waals surface area contributed by atoms with Gasteiger partial charge in [-0.25, -0.2) is 8.93 Å². The molecular formula is C11H25NO2S. The first-order valence-corrected chi connectivity index (χ1v) is 6.82. The Morgan fingerprint density at radius 2 is 1.80 bits per heavy atom. The molecule has 92 valence electrons. The van der Waals surface area contributed by atoms with Gasteiger partial charge in [0, 0.05) is 6.04 Å². The van der Waals surface area contributed by atoms with Crippen molar-refractivity contribution in [2.24, 2.45) is 0 Å². The van der Waals surface area contributed by atoms with Gasteiger partial charge in [-0.1, -0.05) is 13.8 Å². The van der Waals surface area contributed by atoms with Crippen LogP contribution in [0, 0.1) is 0 Å². The number of rotatable bonds is 6. The summed E-state index contributed by atoms with van der Waals surface area (Å²) in [6.45, 7) is 9.83. The fourth-order valence-corrected chi connectivity index (χ4v) is 2.04. The van der Waals surface area contributed by atoms with E-state index in [4.69, 9.17) is 0 Å². The molecule has 0 rings (SSSR count). The third-order valence-electron chi connectivity index (χ3n) is 2.35. The van der Waals surface area contributed by atoms with Gasteiger partial charge in [0.05, 0.1) is 21.8 Å². The highest BCUT2D eigenvalue weighted by molar-refractivity contribution is 7.84. The lowest BCUT2D eigenvalue weighted by Crippen LogP contribution is -2.41. The Bertz CT molecular complexity index is 201. The predicted octanol–water partition coefficient (Wildman–Crippen LogP) is 1.98. The Morgan fingerprint density at radius 3 is 2.13 bits per heavy atom. The third kappa shape index (κ3) is 6.28. The van der Waals surface area contributed by atoms with E-state index in [-0.39, 0.29) is 16.9 Å². The van der Waals surface area contributed by atoms with E-state index in [1.54, 1.807) is 0 Å². The molecule has 1 unspecified atom stereocenters. The molecule has 0 aromatic carbocycles. The van der Waals surface area contributed by atoms with Gasteiger partial charge < -0.3 is 5.11 Å². The van der Waals surface area contributed by atoms with Crippen LogP contribution in [0.4, 0.5) is 0 Å². The van der Waals surface area contributed by atoms with Gasteiger partial charge in [0.2, 0.25) is 0 Å². The second kappa shape index (κ2) is 6.61. The highest BCUT2D eigenvalue weighted by Gasteiger charge is 2.22. The van der Waals surface area contributed by atoms with Crippen molar-refractivity contribution in [3.63, 3.8) is 0 Å². The molecule has 0 saturated carbocycles. The zero-order valence-electron chi connectivity index (χ0n) is 10.5. The number of aliphatic hydroxyl groups excluding tert-OH is 1. The highest BCUT2D eigenvalue weighted by atomic mass is 32.2. The lowest BCUT2D eigenvalue weighted by molar-refractivity contribution is 0.148. The van der Waals surface area contributed by atoms with E-state index in [0.29, 0.717) is 6.42 Å². The molecule has 0 aliphatic rings. The summed E-state index contributed by atoms with van der Waals surface area (Å²) in [5.41, 5.74) is 0. The summed E-state index contributed by atoms with van der Waals surface area (Å²) in [5.74, 6) is 0. The van der Waals surface area contributed by atoms with Crippen LogP contribution < -0.4 is 4.72 Å². The van der Waals surface area contributed by atoms with Gasteiger partial charge in [0.15, 0.2) is 0 Å². The second-order valence-corrected chi connectivity index (χ2v) is 6.90. The van der Waals surface area contributed by atoms with Crippen molar-refractivity contribution < 1.29 is 9.32 Å². The topological polar surface area (TPSA) is 49.3 Å². The van der Waals surface area contributed by atoms with Gasteiger partial charge in [-0.3, -0.25) is 0 Å². The molecule has 15 heavy (non-hydrogen) atoms. The van der Waals surface area contributed by atoms with Crippen molar-refractivity contribution in [1.82, 2.24) is 4.72 Å². The van der Waals surface area contributed by atoms with Gasteiger partial charge in [0.25, 0.3) is 0 Å². The maximum atomic E-state index is 11.8. The molecule has 3 nitrogen and oxygen atoms in total. The number of aliphatic hydroxyl groups is 1. The fourth-order valence-electron chi connectivity index (χ4n) is 1.12. The van der Waals surface area contributed by atoms with E-state index < -0.39 is 11.0 Å². The van der Waals surface area contributed by atoms with E-state index >= 15 is 0 Å². The number of hydrogen-bond acceptors (Lipinski definition) is 2. The van der Waals surface area contributed by atoms with Crippen molar-refractivity contribution in [2.75, 3.05) is 0 Å². The monoisotopic (exact) mass is 235 g/mol. The summed E-state index contributed by atoms with van der Waals surface area (Å²) in [5, 5.41) is 9.54. The number of hydrogen-bond donors (Lipinski definition) is 2. The highest BCUT2D eigenvalue weighted by Crippen LogP contribution is 2.12. The van der Waals surface area contributed by atoms with E-state index in [0.717, 1.165) is 12.8 Å².